The van der Waals surface area contributed by atoms with Crippen LogP contribution in [0.5, 0.6) is 11.5 Å². The summed E-state index contributed by atoms with van der Waals surface area (Å²) in [7, 11) is 1.38. The number of nitrogens with one attached hydrogen (secondary N) is 2. The number of phenols is 1. The number of rotatable bonds is 7. The number of amides is 2. The van der Waals surface area contributed by atoms with Gasteiger partial charge in [0.05, 0.1) is 30.1 Å². The fourth-order valence-corrected chi connectivity index (χ4v) is 2.23. The Hall–Kier alpha value is -3.95. The first kappa shape index (κ1) is 20.4. The molecule has 0 aliphatic heterocycles. The van der Waals surface area contributed by atoms with E-state index >= 15 is 0 Å². The van der Waals surface area contributed by atoms with Gasteiger partial charge in [0.2, 0.25) is 5.91 Å². The Morgan fingerprint density at radius 3 is 2.61 bits per heavy atom. The van der Waals surface area contributed by atoms with Gasteiger partial charge in [-0.15, -0.1) is 0 Å². The minimum Gasteiger partial charge on any atom is -0.507 e. The highest BCUT2D eigenvalue weighted by Gasteiger charge is 2.17. The topological polar surface area (TPSA) is 143 Å². The summed E-state index contributed by atoms with van der Waals surface area (Å²) in [6.07, 6.45) is -0.204. The minimum absolute atomic E-state index is 0.0156. The summed E-state index contributed by atoms with van der Waals surface area (Å²) in [5.41, 5.74) is 2.24. The first-order valence-electron chi connectivity index (χ1n) is 8.05. The van der Waals surface area contributed by atoms with Crippen LogP contribution in [0.1, 0.15) is 23.7 Å². The van der Waals surface area contributed by atoms with Crippen LogP contribution >= 0.6 is 0 Å². The number of nitrogens with zero attached hydrogens (tertiary/aromatic N) is 2. The largest absolute Gasteiger partial charge is 0.507 e. The Bertz CT molecular complexity index is 941. The van der Waals surface area contributed by atoms with Crippen LogP contribution < -0.4 is 15.5 Å². The Morgan fingerprint density at radius 1 is 1.25 bits per heavy atom. The number of benzene rings is 2. The number of para-hydroxylation sites is 1. The molecular formula is C18H18N4O6. The lowest BCUT2D eigenvalue weighted by molar-refractivity contribution is -0.384. The van der Waals surface area contributed by atoms with Crippen molar-refractivity contribution in [1.82, 2.24) is 5.43 Å². The van der Waals surface area contributed by atoms with Crippen molar-refractivity contribution in [1.29, 1.82) is 0 Å². The molecule has 146 valence electrons. The molecule has 2 aromatic rings. The summed E-state index contributed by atoms with van der Waals surface area (Å²) in [5.74, 6) is -1.10. The second-order valence-corrected chi connectivity index (χ2v) is 5.67. The molecule has 2 amide bonds. The molecule has 0 bridgehead atoms. The molecule has 3 N–H and O–H groups in total. The number of hydrogen-bond acceptors (Lipinski definition) is 7. The summed E-state index contributed by atoms with van der Waals surface area (Å²) < 4.78 is 4.93. The Labute approximate surface area is 160 Å². The summed E-state index contributed by atoms with van der Waals surface area (Å²) in [6, 6.07) is 9.98. The van der Waals surface area contributed by atoms with Gasteiger partial charge in [-0.05, 0) is 31.2 Å². The molecule has 10 nitrogen and oxygen atoms in total. The van der Waals surface area contributed by atoms with Crippen LogP contribution in [0.2, 0.25) is 0 Å². The lowest BCUT2D eigenvalue weighted by Gasteiger charge is -2.08. The summed E-state index contributed by atoms with van der Waals surface area (Å²) in [5, 5.41) is 27.0. The van der Waals surface area contributed by atoms with Gasteiger partial charge >= 0.3 is 0 Å². The van der Waals surface area contributed by atoms with E-state index in [1.807, 2.05) is 0 Å². The highest BCUT2D eigenvalue weighted by atomic mass is 16.6. The van der Waals surface area contributed by atoms with Gasteiger partial charge in [-0.1, -0.05) is 12.1 Å². The number of nitro benzene ring substituents is 1. The van der Waals surface area contributed by atoms with Crippen molar-refractivity contribution in [3.05, 3.63) is 58.1 Å². The van der Waals surface area contributed by atoms with E-state index in [9.17, 15) is 24.8 Å². The van der Waals surface area contributed by atoms with Crippen LogP contribution in [0.25, 0.3) is 0 Å². The van der Waals surface area contributed by atoms with E-state index in [2.05, 4.69) is 15.8 Å². The molecule has 0 unspecified atom stereocenters. The molecule has 0 atom stereocenters. The monoisotopic (exact) mass is 386 g/mol. The maximum atomic E-state index is 12.1. The van der Waals surface area contributed by atoms with Crippen LogP contribution in [0.3, 0.4) is 0 Å². The third kappa shape index (κ3) is 5.27. The average molecular weight is 386 g/mol. The fraction of sp³-hybridized carbons (Fsp3) is 0.167. The molecule has 0 fully saturated rings. The molecule has 28 heavy (non-hydrogen) atoms. The number of hydrogen-bond donors (Lipinski definition) is 3. The van der Waals surface area contributed by atoms with E-state index in [1.165, 1.54) is 44.4 Å². The smallest absolute Gasteiger partial charge is 0.296 e. The molecule has 0 saturated heterocycles. The molecule has 0 aliphatic rings. The molecule has 0 heterocycles. The molecule has 2 aromatic carbocycles. The predicted molar refractivity (Wildman–Crippen MR) is 102 cm³/mol. The zero-order valence-electron chi connectivity index (χ0n) is 15.1. The zero-order chi connectivity index (χ0) is 20.7. The molecule has 0 spiro atoms. The third-order valence-electron chi connectivity index (χ3n) is 3.59. The van der Waals surface area contributed by atoms with Crippen LogP contribution in [0.15, 0.2) is 47.6 Å². The van der Waals surface area contributed by atoms with Gasteiger partial charge in [-0.25, -0.2) is 5.43 Å². The number of anilines is 1. The van der Waals surface area contributed by atoms with Crippen molar-refractivity contribution >= 4 is 28.9 Å². The van der Waals surface area contributed by atoms with E-state index in [4.69, 9.17) is 4.74 Å². The Kier molecular flexibility index (Phi) is 6.63. The maximum Gasteiger partial charge on any atom is 0.296 e. The lowest BCUT2D eigenvalue weighted by atomic mass is 10.2. The van der Waals surface area contributed by atoms with E-state index in [-0.39, 0.29) is 40.6 Å². The Balaban J connectivity index is 2.01. The third-order valence-corrected chi connectivity index (χ3v) is 3.59. The lowest BCUT2D eigenvalue weighted by Crippen LogP contribution is -2.21. The molecule has 0 aliphatic carbocycles. The van der Waals surface area contributed by atoms with Gasteiger partial charge in [-0.2, -0.15) is 5.10 Å². The van der Waals surface area contributed by atoms with Crippen LogP contribution in [-0.4, -0.2) is 34.7 Å². The van der Waals surface area contributed by atoms with E-state index < -0.39 is 16.7 Å². The highest BCUT2D eigenvalue weighted by Crippen LogP contribution is 2.29. The van der Waals surface area contributed by atoms with Crippen LogP contribution in [-0.2, 0) is 4.79 Å². The molecular weight excluding hydrogens is 368 g/mol. The average Bonchev–Trinajstić information content (AvgIpc) is 2.66. The number of carbonyl (C=O) groups is 2. The maximum absolute atomic E-state index is 12.1. The summed E-state index contributed by atoms with van der Waals surface area (Å²) >= 11 is 0. The van der Waals surface area contributed by atoms with Crippen molar-refractivity contribution < 1.29 is 24.4 Å². The van der Waals surface area contributed by atoms with Gasteiger partial charge in [0, 0.05) is 5.71 Å². The van der Waals surface area contributed by atoms with Crippen molar-refractivity contribution in [3.8, 4) is 11.5 Å². The molecule has 0 saturated carbocycles. The van der Waals surface area contributed by atoms with Gasteiger partial charge in [0.15, 0.2) is 0 Å². The minimum atomic E-state index is -0.636. The number of phenolic OH excluding ortho intramolecular Hbond substituents is 1. The highest BCUT2D eigenvalue weighted by molar-refractivity contribution is 6.07. The molecule has 2 rings (SSSR count). The van der Waals surface area contributed by atoms with Crippen LogP contribution in [0, 0.1) is 10.1 Å². The second kappa shape index (κ2) is 9.12. The molecule has 0 radical (unpaired) electrons. The number of hydrazone groups is 1. The van der Waals surface area contributed by atoms with Crippen molar-refractivity contribution in [2.45, 2.75) is 13.3 Å². The van der Waals surface area contributed by atoms with Gasteiger partial charge < -0.3 is 15.2 Å². The van der Waals surface area contributed by atoms with E-state index in [0.29, 0.717) is 0 Å². The number of ether oxygens (including phenoxy) is 1. The van der Waals surface area contributed by atoms with E-state index in [1.54, 1.807) is 12.1 Å². The van der Waals surface area contributed by atoms with E-state index in [0.717, 1.165) is 0 Å². The zero-order valence-corrected chi connectivity index (χ0v) is 15.1. The normalized spacial score (nSPS) is 10.9. The quantitative estimate of drug-likeness (QED) is 0.379. The molecule has 10 heteroatoms. The van der Waals surface area contributed by atoms with Crippen molar-refractivity contribution in [3.63, 3.8) is 0 Å². The van der Waals surface area contributed by atoms with Gasteiger partial charge in [-0.3, -0.25) is 19.7 Å². The Morgan fingerprint density at radius 2 is 1.96 bits per heavy atom. The number of methoxy groups -OCH3 is 1. The van der Waals surface area contributed by atoms with Crippen LogP contribution in [0.4, 0.5) is 11.4 Å². The number of nitro groups is 1. The van der Waals surface area contributed by atoms with Gasteiger partial charge in [0.1, 0.15) is 17.2 Å². The number of carbonyl (C=O) groups excluding carboxylic acids is 2. The molecule has 0 aromatic heterocycles. The van der Waals surface area contributed by atoms with Crippen molar-refractivity contribution in [2.75, 3.05) is 12.4 Å². The first-order chi connectivity index (χ1) is 13.3. The standard InChI is InChI=1S/C18H18N4O6/c1-11(20-21-18(25)13-5-3-4-6-16(13)23)9-17(24)19-14-8-7-12(28-2)10-15(14)22(26)27/h3-8,10,23H,9H2,1-2H3,(H,19,24)(H,21,25)/b20-11+. The first-order valence-corrected chi connectivity index (χ1v) is 8.05. The second-order valence-electron chi connectivity index (χ2n) is 5.67. The van der Waals surface area contributed by atoms with Crippen molar-refractivity contribution in [2.24, 2.45) is 5.10 Å². The fourth-order valence-electron chi connectivity index (χ4n) is 2.23. The summed E-state index contributed by atoms with van der Waals surface area (Å²) in [4.78, 5) is 34.6. The number of aromatic hydroxyl groups is 1. The predicted octanol–water partition coefficient (Wildman–Crippen LogP) is 2.44. The summed E-state index contributed by atoms with van der Waals surface area (Å²) in [6.45, 7) is 1.51. The SMILES string of the molecule is COc1ccc(NC(=O)C/C(C)=N/NC(=O)c2ccccc2O)c([N+](=O)[O-])c1. The van der Waals surface area contributed by atoms with Gasteiger partial charge in [0.25, 0.3) is 11.6 Å².